The van der Waals surface area contributed by atoms with Gasteiger partial charge in [0.2, 0.25) is 5.75 Å². The molecule has 3 heterocycles. The fourth-order valence-electron chi connectivity index (χ4n) is 4.38. The number of hydrogen-bond acceptors (Lipinski definition) is 10. The van der Waals surface area contributed by atoms with Gasteiger partial charge in [-0.25, -0.2) is 27.2 Å². The Hall–Kier alpha value is -3.96. The number of H-pyrrole nitrogens is 1. The molecule has 2 N–H and O–H groups in total. The topological polar surface area (TPSA) is 122 Å². The van der Waals surface area contributed by atoms with E-state index in [0.717, 1.165) is 41.7 Å². The van der Waals surface area contributed by atoms with Gasteiger partial charge in [-0.1, -0.05) is 12.1 Å². The molecule has 0 spiro atoms. The number of nitrogens with one attached hydrogen (secondary N) is 2. The van der Waals surface area contributed by atoms with E-state index < -0.39 is 49.4 Å². The van der Waals surface area contributed by atoms with E-state index in [1.54, 1.807) is 6.07 Å². The van der Waals surface area contributed by atoms with Crippen molar-refractivity contribution in [1.29, 1.82) is 0 Å². The fourth-order valence-corrected chi connectivity index (χ4v) is 6.50. The highest BCUT2D eigenvalue weighted by atomic mass is 32.2. The van der Waals surface area contributed by atoms with Crippen molar-refractivity contribution >= 4 is 39.1 Å². The zero-order valence-corrected chi connectivity index (χ0v) is 24.8. The number of anilines is 3. The van der Waals surface area contributed by atoms with Gasteiger partial charge in [-0.2, -0.15) is 18.3 Å². The lowest BCUT2D eigenvalue weighted by molar-refractivity contribution is -0.140. The van der Waals surface area contributed by atoms with Crippen LogP contribution in [0.5, 0.6) is 5.75 Å². The van der Waals surface area contributed by atoms with Gasteiger partial charge >= 0.3 is 6.18 Å². The number of aryl methyl sites for hydroxylation is 1. The van der Waals surface area contributed by atoms with E-state index >= 15 is 4.39 Å². The third-order valence-corrected chi connectivity index (χ3v) is 9.07. The quantitative estimate of drug-likeness (QED) is 0.176. The van der Waals surface area contributed by atoms with Crippen LogP contribution in [0.4, 0.5) is 39.4 Å². The highest BCUT2D eigenvalue weighted by Gasteiger charge is 2.35. The molecular weight excluding hydrogens is 631 g/mol. The smallest absolute Gasteiger partial charge is 0.419 e. The third-order valence-electron chi connectivity index (χ3n) is 6.49. The predicted molar refractivity (Wildman–Crippen MR) is 151 cm³/mol. The number of aromatic nitrogens is 4. The minimum atomic E-state index is -5.01. The number of rotatable bonds is 9. The van der Waals surface area contributed by atoms with Gasteiger partial charge in [-0.05, 0) is 43.0 Å². The third kappa shape index (κ3) is 6.89. The number of nitrogens with zero attached hydrogens (tertiary/aromatic N) is 4. The Morgan fingerprint density at radius 3 is 2.50 bits per heavy atom. The van der Waals surface area contributed by atoms with Crippen molar-refractivity contribution in [3.8, 4) is 5.75 Å². The molecule has 234 valence electrons. The lowest BCUT2D eigenvalue weighted by atomic mass is 10.1. The standard InChI is InChI=1S/C27H25F5N6O4S2/c1-15-12-21(37-36-15)33-24-23(41-2)25(38-8-10-42-11-9-38)35-26(34-24)43-20-7-6-17(13-19(20)28)44(39,40)14-16-4-3-5-18(22(16)29)27(30,31)32/h3-7,12-13H,8-11,14H2,1-2H3,(H2,33,34,35,36,37). The second-order valence-corrected chi connectivity index (χ2v) is 12.6. The Balaban J connectivity index is 1.45. The van der Waals surface area contributed by atoms with E-state index in [-0.39, 0.29) is 15.9 Å². The lowest BCUT2D eigenvalue weighted by Gasteiger charge is -2.29. The number of ether oxygens (including phenoxy) is 2. The summed E-state index contributed by atoms with van der Waals surface area (Å²) in [5.74, 6) is -2.31. The molecule has 0 unspecified atom stereocenters. The first kappa shape index (κ1) is 31.5. The minimum Gasteiger partial charge on any atom is -0.490 e. The van der Waals surface area contributed by atoms with Gasteiger partial charge in [0, 0.05) is 30.4 Å². The molecule has 0 bridgehead atoms. The first-order valence-electron chi connectivity index (χ1n) is 13.0. The largest absolute Gasteiger partial charge is 0.490 e. The second kappa shape index (κ2) is 12.6. The second-order valence-electron chi connectivity index (χ2n) is 9.60. The maximum atomic E-state index is 15.3. The summed E-state index contributed by atoms with van der Waals surface area (Å²) >= 11 is 0.813. The molecule has 0 amide bonds. The number of methoxy groups -OCH3 is 1. The van der Waals surface area contributed by atoms with Crippen LogP contribution in [0.1, 0.15) is 16.8 Å². The Bertz CT molecular complexity index is 1780. The van der Waals surface area contributed by atoms with Crippen molar-refractivity contribution in [3.05, 3.63) is 70.9 Å². The van der Waals surface area contributed by atoms with Crippen molar-refractivity contribution in [1.82, 2.24) is 20.2 Å². The summed E-state index contributed by atoms with van der Waals surface area (Å²) in [6.45, 7) is 3.73. The summed E-state index contributed by atoms with van der Waals surface area (Å²) in [4.78, 5) is 10.4. The Kier molecular flexibility index (Phi) is 8.99. The van der Waals surface area contributed by atoms with Crippen LogP contribution in [-0.4, -0.2) is 62.0 Å². The SMILES string of the molecule is COc1c(Nc2cc(C)[nH]n2)nc(Sc2ccc(S(=O)(=O)Cc3cccc(C(F)(F)F)c3F)cc2F)nc1N1CCOCC1. The van der Waals surface area contributed by atoms with Crippen molar-refractivity contribution in [2.24, 2.45) is 0 Å². The molecule has 44 heavy (non-hydrogen) atoms. The van der Waals surface area contributed by atoms with Gasteiger partial charge in [0.25, 0.3) is 0 Å². The predicted octanol–water partition coefficient (Wildman–Crippen LogP) is 5.52. The molecule has 5 rings (SSSR count). The summed E-state index contributed by atoms with van der Waals surface area (Å²) in [6, 6.07) is 7.10. The van der Waals surface area contributed by atoms with E-state index in [2.05, 4.69) is 25.5 Å². The monoisotopic (exact) mass is 656 g/mol. The van der Waals surface area contributed by atoms with E-state index in [4.69, 9.17) is 9.47 Å². The average molecular weight is 657 g/mol. The van der Waals surface area contributed by atoms with Crippen LogP contribution < -0.4 is 15.0 Å². The highest BCUT2D eigenvalue weighted by molar-refractivity contribution is 7.99. The molecule has 0 aliphatic carbocycles. The number of halogens is 5. The van der Waals surface area contributed by atoms with Crippen LogP contribution in [0.3, 0.4) is 0 Å². The molecular formula is C27H25F5N6O4S2. The van der Waals surface area contributed by atoms with Crippen molar-refractivity contribution in [3.63, 3.8) is 0 Å². The summed E-state index contributed by atoms with van der Waals surface area (Å²) in [5.41, 5.74) is -1.49. The number of sulfone groups is 1. The van der Waals surface area contributed by atoms with Crippen LogP contribution in [0.25, 0.3) is 0 Å². The van der Waals surface area contributed by atoms with Crippen LogP contribution >= 0.6 is 11.8 Å². The van der Waals surface area contributed by atoms with Crippen molar-refractivity contribution in [2.45, 2.75) is 33.8 Å². The normalized spacial score (nSPS) is 14.1. The molecule has 0 radical (unpaired) electrons. The summed E-state index contributed by atoms with van der Waals surface area (Å²) in [7, 11) is -2.96. The van der Waals surface area contributed by atoms with Crippen LogP contribution in [0, 0.1) is 18.6 Å². The van der Waals surface area contributed by atoms with Crippen molar-refractivity contribution < 1.29 is 39.8 Å². The fraction of sp³-hybridized carbons (Fsp3) is 0.296. The maximum absolute atomic E-state index is 15.3. The summed E-state index contributed by atoms with van der Waals surface area (Å²) in [6.07, 6.45) is -5.01. The number of aromatic amines is 1. The average Bonchev–Trinajstić information content (AvgIpc) is 3.39. The minimum absolute atomic E-state index is 0.0335. The molecule has 2 aromatic carbocycles. The molecule has 0 saturated carbocycles. The van der Waals surface area contributed by atoms with E-state index in [0.29, 0.717) is 49.8 Å². The van der Waals surface area contributed by atoms with Gasteiger partial charge in [0.15, 0.2) is 32.4 Å². The maximum Gasteiger partial charge on any atom is 0.419 e. The number of benzene rings is 2. The Morgan fingerprint density at radius 1 is 1.11 bits per heavy atom. The van der Waals surface area contributed by atoms with Crippen LogP contribution in [-0.2, 0) is 26.5 Å². The molecule has 17 heteroatoms. The van der Waals surface area contributed by atoms with Gasteiger partial charge in [0.1, 0.15) is 11.6 Å². The highest BCUT2D eigenvalue weighted by Crippen LogP contribution is 2.39. The molecule has 4 aromatic rings. The molecule has 1 aliphatic rings. The van der Waals surface area contributed by atoms with Gasteiger partial charge in [-0.3, -0.25) is 5.10 Å². The summed E-state index contributed by atoms with van der Waals surface area (Å²) < 4.78 is 106. The zero-order valence-electron chi connectivity index (χ0n) is 23.2. The van der Waals surface area contributed by atoms with Crippen LogP contribution in [0.2, 0.25) is 0 Å². The number of hydrogen-bond donors (Lipinski definition) is 2. The zero-order chi connectivity index (χ0) is 31.6. The number of alkyl halides is 3. The van der Waals surface area contributed by atoms with Gasteiger partial charge in [-0.15, -0.1) is 0 Å². The molecule has 1 saturated heterocycles. The van der Waals surface area contributed by atoms with Gasteiger partial charge in [0.05, 0.1) is 41.4 Å². The van der Waals surface area contributed by atoms with Crippen LogP contribution in [0.15, 0.2) is 57.4 Å². The first-order valence-corrected chi connectivity index (χ1v) is 15.4. The first-order chi connectivity index (χ1) is 20.9. The number of morpholine rings is 1. The van der Waals surface area contributed by atoms with Crippen molar-refractivity contribution in [2.75, 3.05) is 43.6 Å². The Labute approximate surface area is 252 Å². The van der Waals surface area contributed by atoms with E-state index in [1.165, 1.54) is 13.2 Å². The van der Waals surface area contributed by atoms with Gasteiger partial charge < -0.3 is 19.7 Å². The summed E-state index contributed by atoms with van der Waals surface area (Å²) in [5, 5.41) is 10.1. The van der Waals surface area contributed by atoms with E-state index in [9.17, 15) is 26.0 Å². The lowest BCUT2D eigenvalue weighted by Crippen LogP contribution is -2.37. The molecule has 2 aromatic heterocycles. The molecule has 0 atom stereocenters. The van der Waals surface area contributed by atoms with E-state index in [1.807, 2.05) is 11.8 Å². The molecule has 1 aliphatic heterocycles. The molecule has 1 fully saturated rings. The molecule has 10 nitrogen and oxygen atoms in total. The Morgan fingerprint density at radius 2 is 1.86 bits per heavy atom.